The molecule has 6 rings (SSSR count). The smallest absolute Gasteiger partial charge is 1.00 e. The van der Waals surface area contributed by atoms with Gasteiger partial charge in [0.1, 0.15) is 12.7 Å². The molecule has 0 N–H and O–H groups in total. The van der Waals surface area contributed by atoms with Gasteiger partial charge in [-0.3, -0.25) is 4.79 Å². The van der Waals surface area contributed by atoms with Gasteiger partial charge in [0.25, 0.3) is 0 Å². The Bertz CT molecular complexity index is 2060. The van der Waals surface area contributed by atoms with E-state index in [1.54, 1.807) is 112 Å². The van der Waals surface area contributed by atoms with E-state index in [4.69, 9.17) is 18.9 Å². The molecule has 58 heavy (non-hydrogen) atoms. The van der Waals surface area contributed by atoms with E-state index in [1.165, 1.54) is 10.8 Å². The monoisotopic (exact) mass is 894 g/mol. The van der Waals surface area contributed by atoms with E-state index >= 15 is 0 Å². The number of carbonyl (C=O) groups excluding carboxylic acids is 4. The number of hydrogen-bond donors (Lipinski definition) is 0. The van der Waals surface area contributed by atoms with Gasteiger partial charge in [-0.2, -0.15) is 11.5 Å². The summed E-state index contributed by atoms with van der Waals surface area (Å²) in [6.07, 6.45) is -3.83. The van der Waals surface area contributed by atoms with Crippen LogP contribution in [0.3, 0.4) is 0 Å². The minimum atomic E-state index is -1.37. The predicted octanol–water partition coefficient (Wildman–Crippen LogP) is -11.0. The molecule has 3 heterocycles. The van der Waals surface area contributed by atoms with E-state index in [0.717, 1.165) is 0 Å². The Morgan fingerprint density at radius 3 is 1.66 bits per heavy atom. The van der Waals surface area contributed by atoms with Gasteiger partial charge in [0.2, 0.25) is 0 Å². The average molecular weight is 897 g/mol. The van der Waals surface area contributed by atoms with Crippen molar-refractivity contribution >= 4 is 110 Å². The second kappa shape index (κ2) is 27.0. The number of amides is 1. The van der Waals surface area contributed by atoms with Gasteiger partial charge >= 0.3 is 106 Å². The van der Waals surface area contributed by atoms with E-state index in [0.29, 0.717) is 0 Å². The molecule has 2 aromatic heterocycles. The van der Waals surface area contributed by atoms with Crippen LogP contribution < -0.4 is 73.6 Å². The Hall–Kier alpha value is -2.02. The molecular weight excluding hydrogens is 866 g/mol. The van der Waals surface area contributed by atoms with Gasteiger partial charge in [-0.25, -0.2) is 20.3 Å². The van der Waals surface area contributed by atoms with Gasteiger partial charge in [-0.05, 0) is 42.0 Å². The molecule has 1 aliphatic heterocycles. The van der Waals surface area contributed by atoms with Crippen LogP contribution in [-0.2, 0) is 23.7 Å². The minimum Gasteiger partial charge on any atom is -1.00 e. The van der Waals surface area contributed by atoms with Crippen molar-refractivity contribution in [1.82, 2.24) is 14.5 Å². The van der Waals surface area contributed by atoms with Crippen LogP contribution in [0.2, 0.25) is 0 Å². The van der Waals surface area contributed by atoms with Crippen LogP contribution in [0, 0.1) is 11.5 Å². The van der Waals surface area contributed by atoms with Gasteiger partial charge in [-0.15, -0.1) is 0 Å². The van der Waals surface area contributed by atoms with Crippen LogP contribution in [0.5, 0.6) is 5.88 Å². The standard InChI is InChI=1S/C37H33N4O9.4ClH.Li.3Mg/c1-37(2,3)35(46)40-36-38-29-25(30(42)39-36)19-20-41(29)31-28(50-34(45)24-17-11-6-12-18-24)27(49-33(44)23-15-9-5-10-16-23)26(48-31)21-47-32(43)22-13-7-4-8-14-22;;;;;;;;/h4-18,20,26-28,31H,21H2,1-3H3,(H2,38,39,40,42,46);4*1H;;;;/q-1;;;;;+1;3*+2/p-6/t26-,27-,28-,31-;;;;;;;;/m1......../s1. The fraction of sp³-hybridized carbons (Fsp3) is 0.243. The summed E-state index contributed by atoms with van der Waals surface area (Å²) in [4.78, 5) is 60.8. The number of esters is 3. The first-order valence-electron chi connectivity index (χ1n) is 15.6. The van der Waals surface area contributed by atoms with Crippen molar-refractivity contribution in [2.75, 3.05) is 6.61 Å². The summed E-state index contributed by atoms with van der Waals surface area (Å²) in [6.45, 7) is 4.56. The van der Waals surface area contributed by atoms with Crippen molar-refractivity contribution < 1.29 is 112 Å². The number of ether oxygens (including phenoxy) is 4. The SMILES string of the molecule is CC(C)(C)C(=O)[N-]c1nc([O-])c2[c-]cn([C@@H]3O[C@H](COC(=O)c4ccccc4)[C@@H](OC(=O)c4ccccc4)[C@H]3OC(=O)c3ccccc3)c2n1.[Cl-].[Cl-].[Cl-].[Cl-].[Li+].[Mg+2].[Mg+2].[Mg+2]. The van der Waals surface area contributed by atoms with Crippen molar-refractivity contribution in [2.24, 2.45) is 5.41 Å². The molecule has 5 aromatic rings. The first kappa shape index (κ1) is 60.3. The van der Waals surface area contributed by atoms with E-state index in [9.17, 15) is 24.3 Å². The third-order valence-electron chi connectivity index (χ3n) is 7.73. The number of hydrogen-bond acceptors (Lipinski definition) is 11. The third-order valence-corrected chi connectivity index (χ3v) is 7.73. The summed E-state index contributed by atoms with van der Waals surface area (Å²) >= 11 is 0. The first-order valence-corrected chi connectivity index (χ1v) is 15.6. The normalized spacial score (nSPS) is 16.1. The van der Waals surface area contributed by atoms with Gasteiger partial charge in [0.05, 0.1) is 16.7 Å². The van der Waals surface area contributed by atoms with Crippen molar-refractivity contribution in [3.8, 4) is 5.88 Å². The second-order valence-corrected chi connectivity index (χ2v) is 12.4. The molecule has 0 bridgehead atoms. The molecule has 0 spiro atoms. The quantitative estimate of drug-likeness (QED) is 0.0596. The summed E-state index contributed by atoms with van der Waals surface area (Å²) in [6, 6.07) is 27.4. The van der Waals surface area contributed by atoms with Crippen molar-refractivity contribution in [3.05, 3.63) is 125 Å². The summed E-state index contributed by atoms with van der Waals surface area (Å²) in [5, 5.41) is 16.9. The molecule has 1 fully saturated rings. The van der Waals surface area contributed by atoms with Gasteiger partial charge in [0, 0.05) is 11.4 Å². The number of fused-ring (bicyclic) bond motifs is 1. The number of benzene rings is 3. The number of nitrogens with zero attached hydrogens (tertiary/aromatic N) is 4. The van der Waals surface area contributed by atoms with Crippen LogP contribution >= 0.6 is 0 Å². The van der Waals surface area contributed by atoms with Gasteiger partial charge in [-0.1, -0.05) is 81.6 Å². The fourth-order valence-corrected chi connectivity index (χ4v) is 5.11. The molecular formula is C37H31Cl4LiMg3N4O9. The second-order valence-electron chi connectivity index (χ2n) is 12.4. The van der Waals surface area contributed by atoms with Crippen molar-refractivity contribution in [3.63, 3.8) is 0 Å². The van der Waals surface area contributed by atoms with E-state index in [1.807, 2.05) is 0 Å². The zero-order valence-corrected chi connectivity index (χ0v) is 39.1. The third kappa shape index (κ3) is 14.6. The van der Waals surface area contributed by atoms with E-state index in [2.05, 4.69) is 21.4 Å². The van der Waals surface area contributed by atoms with Crippen LogP contribution in [0.4, 0.5) is 5.95 Å². The molecule has 21 heteroatoms. The first-order chi connectivity index (χ1) is 24.0. The number of aromatic nitrogens is 3. The van der Waals surface area contributed by atoms with Gasteiger partial charge in [0.15, 0.2) is 24.3 Å². The average Bonchev–Trinajstić information content (AvgIpc) is 3.69. The van der Waals surface area contributed by atoms with Crippen LogP contribution in [0.15, 0.2) is 97.2 Å². The Balaban J connectivity index is -0.00000378. The maximum absolute atomic E-state index is 13.5. The van der Waals surface area contributed by atoms with Crippen molar-refractivity contribution in [2.45, 2.75) is 45.3 Å². The minimum absolute atomic E-state index is 0. The summed E-state index contributed by atoms with van der Waals surface area (Å²) < 4.78 is 25.3. The largest absolute Gasteiger partial charge is 2.00 e. The van der Waals surface area contributed by atoms with E-state index < -0.39 is 66.3 Å². The van der Waals surface area contributed by atoms with Crippen LogP contribution in [0.1, 0.15) is 58.1 Å². The summed E-state index contributed by atoms with van der Waals surface area (Å²) in [5.41, 5.74) is -0.221. The Morgan fingerprint density at radius 1 is 0.741 bits per heavy atom. The summed E-state index contributed by atoms with van der Waals surface area (Å²) in [7, 11) is 0. The predicted molar refractivity (Wildman–Crippen MR) is 192 cm³/mol. The number of rotatable bonds is 9. The molecule has 13 nitrogen and oxygen atoms in total. The molecule has 1 saturated heterocycles. The fourth-order valence-electron chi connectivity index (χ4n) is 5.11. The number of carbonyl (C=O) groups is 4. The van der Waals surface area contributed by atoms with Gasteiger partial charge < -0.3 is 93.5 Å². The zero-order chi connectivity index (χ0) is 35.4. The molecule has 0 radical (unpaired) electrons. The Labute approximate surface area is 420 Å². The topological polar surface area (TPSA) is 173 Å². The molecule has 4 atom stereocenters. The maximum Gasteiger partial charge on any atom is 2.00 e. The molecule has 0 saturated carbocycles. The Kier molecular flexibility index (Phi) is 28.1. The van der Waals surface area contributed by atoms with Crippen LogP contribution in [-0.4, -0.2) is 132 Å². The van der Waals surface area contributed by atoms with E-state index in [-0.39, 0.29) is 171 Å². The van der Waals surface area contributed by atoms with Crippen LogP contribution in [0.25, 0.3) is 16.4 Å². The molecule has 0 unspecified atom stereocenters. The molecule has 1 amide bonds. The molecule has 3 aromatic carbocycles. The molecule has 1 aliphatic rings. The summed E-state index contributed by atoms with van der Waals surface area (Å²) in [5.74, 6) is -3.88. The number of halogens is 4. The Morgan fingerprint density at radius 2 is 1.19 bits per heavy atom. The van der Waals surface area contributed by atoms with Crippen molar-refractivity contribution in [1.29, 1.82) is 0 Å². The maximum atomic E-state index is 13.5. The molecule has 0 aliphatic carbocycles. The zero-order valence-electron chi connectivity index (χ0n) is 31.9. The molecule has 288 valence electrons.